The fraction of sp³-hybridized carbons (Fsp3) is 0.846. The van der Waals surface area contributed by atoms with Crippen LogP contribution in [0.15, 0.2) is 11.6 Å². The van der Waals surface area contributed by atoms with E-state index in [1.807, 2.05) is 13.0 Å². The van der Waals surface area contributed by atoms with Gasteiger partial charge in [0.15, 0.2) is 0 Å². The van der Waals surface area contributed by atoms with Crippen molar-refractivity contribution in [1.82, 2.24) is 13.9 Å². The Balaban J connectivity index is 2.39. The van der Waals surface area contributed by atoms with Gasteiger partial charge in [-0.25, -0.2) is 0 Å². The Morgan fingerprint density at radius 1 is 1.42 bits per heavy atom. The summed E-state index contributed by atoms with van der Waals surface area (Å²) in [5.41, 5.74) is 1.28. The minimum absolute atomic E-state index is 0.507. The van der Waals surface area contributed by atoms with Crippen molar-refractivity contribution in [1.29, 1.82) is 0 Å². The molecule has 0 fully saturated rings. The maximum absolute atomic E-state index is 12.3. The van der Waals surface area contributed by atoms with E-state index in [-0.39, 0.29) is 0 Å². The third kappa shape index (κ3) is 5.22. The molecular formula is C13H27N3O2S. The number of rotatable bonds is 8. The van der Waals surface area contributed by atoms with Crippen molar-refractivity contribution in [3.05, 3.63) is 11.6 Å². The third-order valence-electron chi connectivity index (χ3n) is 3.37. The van der Waals surface area contributed by atoms with Crippen LogP contribution >= 0.6 is 0 Å². The van der Waals surface area contributed by atoms with Crippen LogP contribution in [0.5, 0.6) is 0 Å². The van der Waals surface area contributed by atoms with Gasteiger partial charge < -0.3 is 5.32 Å². The van der Waals surface area contributed by atoms with E-state index < -0.39 is 10.2 Å². The molecule has 1 N–H and O–H groups in total. The molecule has 19 heavy (non-hydrogen) atoms. The van der Waals surface area contributed by atoms with Gasteiger partial charge in [-0.3, -0.25) is 0 Å². The van der Waals surface area contributed by atoms with E-state index in [1.54, 1.807) is 11.4 Å². The molecule has 0 atom stereocenters. The van der Waals surface area contributed by atoms with Gasteiger partial charge in [0.1, 0.15) is 0 Å². The lowest BCUT2D eigenvalue weighted by atomic mass is 10.1. The average Bonchev–Trinajstić information content (AvgIpc) is 2.38. The number of hydrogen-bond acceptors (Lipinski definition) is 3. The van der Waals surface area contributed by atoms with Crippen molar-refractivity contribution in [2.24, 2.45) is 0 Å². The van der Waals surface area contributed by atoms with Crippen molar-refractivity contribution < 1.29 is 8.42 Å². The first-order valence-corrected chi connectivity index (χ1v) is 8.46. The molecule has 1 rings (SSSR count). The molecule has 6 heteroatoms. The Morgan fingerprint density at radius 2 is 2.16 bits per heavy atom. The zero-order valence-corrected chi connectivity index (χ0v) is 13.2. The predicted octanol–water partition coefficient (Wildman–Crippen LogP) is 1.20. The van der Waals surface area contributed by atoms with Gasteiger partial charge in [0.25, 0.3) is 10.2 Å². The fourth-order valence-corrected chi connectivity index (χ4v) is 3.34. The van der Waals surface area contributed by atoms with E-state index in [9.17, 15) is 8.42 Å². The summed E-state index contributed by atoms with van der Waals surface area (Å²) in [4.78, 5) is 0. The van der Waals surface area contributed by atoms with E-state index >= 15 is 0 Å². The highest BCUT2D eigenvalue weighted by Gasteiger charge is 2.27. The lowest BCUT2D eigenvalue weighted by Gasteiger charge is -2.29. The maximum atomic E-state index is 12.3. The second-order valence-corrected chi connectivity index (χ2v) is 7.13. The predicted molar refractivity (Wildman–Crippen MR) is 79.3 cm³/mol. The molecule has 112 valence electrons. The van der Waals surface area contributed by atoms with E-state index in [0.717, 1.165) is 32.4 Å². The quantitative estimate of drug-likeness (QED) is 0.540. The zero-order chi connectivity index (χ0) is 14.3. The minimum atomic E-state index is -3.28. The number of hydrogen-bond donors (Lipinski definition) is 1. The molecule has 5 nitrogen and oxygen atoms in total. The van der Waals surface area contributed by atoms with Crippen molar-refractivity contribution in [3.63, 3.8) is 0 Å². The largest absolute Gasteiger partial charge is 0.317 e. The van der Waals surface area contributed by atoms with E-state index in [0.29, 0.717) is 19.6 Å². The van der Waals surface area contributed by atoms with Crippen molar-refractivity contribution in [2.45, 2.75) is 33.1 Å². The van der Waals surface area contributed by atoms with E-state index in [2.05, 4.69) is 12.2 Å². The van der Waals surface area contributed by atoms with Crippen LogP contribution in [0.3, 0.4) is 0 Å². The molecule has 0 saturated heterocycles. The van der Waals surface area contributed by atoms with Gasteiger partial charge in [0.05, 0.1) is 0 Å². The van der Waals surface area contributed by atoms with Crippen LogP contribution in [0.1, 0.15) is 33.1 Å². The standard InChI is InChI=1S/C13H27N3O2S/c1-4-8-14-9-5-10-15(3)19(17,18)16-11-6-13(2)7-12-16/h6,14H,4-5,7-12H2,1-3H3. The van der Waals surface area contributed by atoms with Crippen LogP contribution in [-0.4, -0.2) is 56.8 Å². The summed E-state index contributed by atoms with van der Waals surface area (Å²) in [6, 6.07) is 0. The first-order chi connectivity index (χ1) is 8.98. The molecule has 0 spiro atoms. The molecular weight excluding hydrogens is 262 g/mol. The topological polar surface area (TPSA) is 52.7 Å². The SMILES string of the molecule is CCCNCCCN(C)S(=O)(=O)N1CC=C(C)CC1. The van der Waals surface area contributed by atoms with Crippen LogP contribution in [0.2, 0.25) is 0 Å². The van der Waals surface area contributed by atoms with Gasteiger partial charge in [-0.05, 0) is 39.3 Å². The highest BCUT2D eigenvalue weighted by Crippen LogP contribution is 2.15. The summed E-state index contributed by atoms with van der Waals surface area (Å²) >= 11 is 0. The van der Waals surface area contributed by atoms with Gasteiger partial charge in [0, 0.05) is 26.7 Å². The highest BCUT2D eigenvalue weighted by molar-refractivity contribution is 7.86. The van der Waals surface area contributed by atoms with Crippen LogP contribution in [-0.2, 0) is 10.2 Å². The molecule has 1 heterocycles. The number of nitrogens with one attached hydrogen (secondary N) is 1. The van der Waals surface area contributed by atoms with Crippen LogP contribution in [0, 0.1) is 0 Å². The molecule has 0 aliphatic carbocycles. The van der Waals surface area contributed by atoms with Gasteiger partial charge in [-0.2, -0.15) is 17.0 Å². The molecule has 0 saturated carbocycles. The summed E-state index contributed by atoms with van der Waals surface area (Å²) in [6.07, 6.45) is 4.79. The first kappa shape index (κ1) is 16.6. The first-order valence-electron chi connectivity index (χ1n) is 7.06. The summed E-state index contributed by atoms with van der Waals surface area (Å²) in [5, 5.41) is 3.28. The monoisotopic (exact) mass is 289 g/mol. The zero-order valence-electron chi connectivity index (χ0n) is 12.4. The molecule has 0 bridgehead atoms. The average molecular weight is 289 g/mol. The molecule has 0 aromatic carbocycles. The molecule has 1 aliphatic rings. The fourth-order valence-electron chi connectivity index (χ4n) is 2.00. The second-order valence-electron chi connectivity index (χ2n) is 5.09. The van der Waals surface area contributed by atoms with Crippen LogP contribution in [0.4, 0.5) is 0 Å². The normalized spacial score (nSPS) is 17.8. The van der Waals surface area contributed by atoms with Gasteiger partial charge in [-0.1, -0.05) is 18.6 Å². The van der Waals surface area contributed by atoms with Crippen molar-refractivity contribution in [3.8, 4) is 0 Å². The lowest BCUT2D eigenvalue weighted by molar-refractivity contribution is 0.367. The smallest absolute Gasteiger partial charge is 0.282 e. The number of nitrogens with zero attached hydrogens (tertiary/aromatic N) is 2. The Bertz CT molecular complexity index is 393. The maximum Gasteiger partial charge on any atom is 0.282 e. The van der Waals surface area contributed by atoms with Crippen molar-refractivity contribution in [2.75, 3.05) is 39.8 Å². The van der Waals surface area contributed by atoms with E-state index in [4.69, 9.17) is 0 Å². The second kappa shape index (κ2) is 7.99. The molecule has 1 aliphatic heterocycles. The summed E-state index contributed by atoms with van der Waals surface area (Å²) in [6.45, 7) is 7.70. The Labute approximate surface area is 117 Å². The van der Waals surface area contributed by atoms with Gasteiger partial charge in [-0.15, -0.1) is 0 Å². The highest BCUT2D eigenvalue weighted by atomic mass is 32.2. The summed E-state index contributed by atoms with van der Waals surface area (Å²) < 4.78 is 27.7. The third-order valence-corrected chi connectivity index (χ3v) is 5.33. The summed E-state index contributed by atoms with van der Waals surface area (Å²) in [5.74, 6) is 0. The van der Waals surface area contributed by atoms with Gasteiger partial charge in [0.2, 0.25) is 0 Å². The van der Waals surface area contributed by atoms with Crippen molar-refractivity contribution >= 4 is 10.2 Å². The Hall–Kier alpha value is -0.430. The molecule has 0 aromatic heterocycles. The lowest BCUT2D eigenvalue weighted by Crippen LogP contribution is -2.44. The van der Waals surface area contributed by atoms with E-state index in [1.165, 1.54) is 9.88 Å². The Morgan fingerprint density at radius 3 is 2.74 bits per heavy atom. The molecule has 0 amide bonds. The minimum Gasteiger partial charge on any atom is -0.317 e. The van der Waals surface area contributed by atoms with Crippen LogP contribution in [0.25, 0.3) is 0 Å². The molecule has 0 unspecified atom stereocenters. The van der Waals surface area contributed by atoms with Crippen LogP contribution < -0.4 is 5.32 Å². The van der Waals surface area contributed by atoms with Gasteiger partial charge >= 0.3 is 0 Å². The molecule has 0 radical (unpaired) electrons. The summed E-state index contributed by atoms with van der Waals surface area (Å²) in [7, 11) is -1.62. The molecule has 0 aromatic rings. The Kier molecular flexibility index (Phi) is 6.99.